The van der Waals surface area contributed by atoms with Gasteiger partial charge in [-0.15, -0.1) is 0 Å². The molecular weight excluding hydrogens is 330 g/mol. The summed E-state index contributed by atoms with van der Waals surface area (Å²) >= 11 is 0. The number of piperidine rings is 1. The predicted molar refractivity (Wildman–Crippen MR) is 97.9 cm³/mol. The lowest BCUT2D eigenvalue weighted by molar-refractivity contribution is 0.0788. The van der Waals surface area contributed by atoms with Gasteiger partial charge in [0.15, 0.2) is 0 Å². The highest BCUT2D eigenvalue weighted by Crippen LogP contribution is 2.21. The maximum atomic E-state index is 12.4. The third kappa shape index (κ3) is 3.46. The van der Waals surface area contributed by atoms with Crippen molar-refractivity contribution in [1.29, 1.82) is 0 Å². The molecule has 0 unspecified atom stereocenters. The van der Waals surface area contributed by atoms with Crippen LogP contribution in [-0.2, 0) is 31.0 Å². The third-order valence-electron chi connectivity index (χ3n) is 5.77. The molecule has 4 rings (SSSR count). The van der Waals surface area contributed by atoms with Gasteiger partial charge in [-0.25, -0.2) is 9.97 Å². The van der Waals surface area contributed by atoms with Crippen LogP contribution in [0.2, 0.25) is 0 Å². The number of nitrogens with zero attached hydrogens (tertiary/aromatic N) is 5. The first-order valence-corrected chi connectivity index (χ1v) is 9.48. The molecule has 2 aliphatic heterocycles. The number of rotatable bonds is 4. The van der Waals surface area contributed by atoms with Crippen LogP contribution in [0.4, 0.5) is 0 Å². The molecular formula is C19H27N5O2. The monoisotopic (exact) mass is 357 g/mol. The molecule has 0 aromatic carbocycles. The largest absolute Gasteiger partial charge is 0.372 e. The second-order valence-electron chi connectivity index (χ2n) is 7.50. The lowest BCUT2D eigenvalue weighted by Crippen LogP contribution is -2.37. The van der Waals surface area contributed by atoms with Crippen LogP contribution in [0.25, 0.3) is 0 Å². The fourth-order valence-electron chi connectivity index (χ4n) is 3.93. The Kier molecular flexibility index (Phi) is 4.91. The first-order chi connectivity index (χ1) is 12.6. The molecule has 0 aliphatic carbocycles. The Bertz CT molecular complexity index is 833. The molecule has 2 aromatic rings. The Labute approximate surface area is 153 Å². The van der Waals surface area contributed by atoms with Crippen molar-refractivity contribution in [1.82, 2.24) is 24.0 Å². The van der Waals surface area contributed by atoms with Gasteiger partial charge >= 0.3 is 0 Å². The Morgan fingerprint density at radius 3 is 2.81 bits per heavy atom. The normalized spacial score (nSPS) is 18.8. The molecule has 4 heterocycles. The van der Waals surface area contributed by atoms with E-state index in [1.165, 1.54) is 5.69 Å². The zero-order chi connectivity index (χ0) is 18.1. The highest BCUT2D eigenvalue weighted by molar-refractivity contribution is 5.12. The molecule has 1 saturated heterocycles. The molecule has 2 aromatic heterocycles. The van der Waals surface area contributed by atoms with Crippen molar-refractivity contribution in [3.63, 3.8) is 0 Å². The first kappa shape index (κ1) is 17.4. The molecule has 7 heteroatoms. The SMILES string of the molecule is Cc1ncn(CC2CCN(Cc3cnc4n3CCOC4)CC2)c(=O)c1C. The Morgan fingerprint density at radius 2 is 2.00 bits per heavy atom. The van der Waals surface area contributed by atoms with Gasteiger partial charge in [0, 0.05) is 37.1 Å². The summed E-state index contributed by atoms with van der Waals surface area (Å²) in [6.07, 6.45) is 5.93. The zero-order valence-electron chi connectivity index (χ0n) is 15.6. The van der Waals surface area contributed by atoms with E-state index in [9.17, 15) is 4.79 Å². The van der Waals surface area contributed by atoms with Gasteiger partial charge in [0.1, 0.15) is 12.4 Å². The van der Waals surface area contributed by atoms with Crippen molar-refractivity contribution in [2.45, 2.75) is 52.9 Å². The van der Waals surface area contributed by atoms with Crippen molar-refractivity contribution in [2.24, 2.45) is 5.92 Å². The van der Waals surface area contributed by atoms with Gasteiger partial charge in [0.25, 0.3) is 5.56 Å². The van der Waals surface area contributed by atoms with Crippen molar-refractivity contribution >= 4 is 0 Å². The average Bonchev–Trinajstić information content (AvgIpc) is 3.07. The molecule has 7 nitrogen and oxygen atoms in total. The van der Waals surface area contributed by atoms with E-state index in [1.54, 1.807) is 10.9 Å². The van der Waals surface area contributed by atoms with Crippen LogP contribution < -0.4 is 5.56 Å². The second kappa shape index (κ2) is 7.32. The number of aromatic nitrogens is 4. The summed E-state index contributed by atoms with van der Waals surface area (Å²) in [5.41, 5.74) is 2.99. The van der Waals surface area contributed by atoms with Crippen molar-refractivity contribution in [3.8, 4) is 0 Å². The number of imidazole rings is 1. The molecule has 0 spiro atoms. The maximum Gasteiger partial charge on any atom is 0.256 e. The summed E-state index contributed by atoms with van der Waals surface area (Å²) in [5, 5.41) is 0. The van der Waals surface area contributed by atoms with E-state index in [0.717, 1.165) is 69.3 Å². The molecule has 26 heavy (non-hydrogen) atoms. The number of aryl methyl sites for hydroxylation is 1. The minimum atomic E-state index is 0.105. The molecule has 0 radical (unpaired) electrons. The summed E-state index contributed by atoms with van der Waals surface area (Å²) in [6.45, 7) is 9.91. The number of likely N-dealkylation sites (tertiary alicyclic amines) is 1. The van der Waals surface area contributed by atoms with Gasteiger partial charge in [-0.1, -0.05) is 0 Å². The fourth-order valence-corrected chi connectivity index (χ4v) is 3.93. The third-order valence-corrected chi connectivity index (χ3v) is 5.77. The Hall–Kier alpha value is -1.99. The van der Waals surface area contributed by atoms with Gasteiger partial charge in [-0.05, 0) is 45.7 Å². The van der Waals surface area contributed by atoms with Crippen molar-refractivity contribution < 1.29 is 4.74 Å². The summed E-state index contributed by atoms with van der Waals surface area (Å²) in [4.78, 5) is 23.7. The molecule has 2 aliphatic rings. The van der Waals surface area contributed by atoms with Crippen LogP contribution in [0.5, 0.6) is 0 Å². The number of ether oxygens (including phenoxy) is 1. The number of hydrogen-bond donors (Lipinski definition) is 0. The quantitative estimate of drug-likeness (QED) is 0.830. The Morgan fingerprint density at radius 1 is 1.19 bits per heavy atom. The van der Waals surface area contributed by atoms with E-state index in [4.69, 9.17) is 4.74 Å². The van der Waals surface area contributed by atoms with E-state index in [0.29, 0.717) is 12.5 Å². The molecule has 0 amide bonds. The highest BCUT2D eigenvalue weighted by atomic mass is 16.5. The minimum absolute atomic E-state index is 0.105. The van der Waals surface area contributed by atoms with E-state index in [-0.39, 0.29) is 5.56 Å². The van der Waals surface area contributed by atoms with Crippen LogP contribution in [0.15, 0.2) is 17.3 Å². The van der Waals surface area contributed by atoms with Crippen LogP contribution >= 0.6 is 0 Å². The van der Waals surface area contributed by atoms with Crippen LogP contribution in [0.3, 0.4) is 0 Å². The molecule has 0 N–H and O–H groups in total. The first-order valence-electron chi connectivity index (χ1n) is 9.48. The van der Waals surface area contributed by atoms with Crippen molar-refractivity contribution in [3.05, 3.63) is 45.7 Å². The summed E-state index contributed by atoms with van der Waals surface area (Å²) < 4.78 is 9.55. The second-order valence-corrected chi connectivity index (χ2v) is 7.50. The molecule has 1 fully saturated rings. The number of fused-ring (bicyclic) bond motifs is 1. The smallest absolute Gasteiger partial charge is 0.256 e. The zero-order valence-corrected chi connectivity index (χ0v) is 15.6. The summed E-state index contributed by atoms with van der Waals surface area (Å²) in [5.74, 6) is 1.59. The molecule has 140 valence electrons. The average molecular weight is 357 g/mol. The Balaban J connectivity index is 1.34. The van der Waals surface area contributed by atoms with Crippen LogP contribution in [0, 0.1) is 19.8 Å². The molecule has 0 saturated carbocycles. The van der Waals surface area contributed by atoms with Crippen molar-refractivity contribution in [2.75, 3.05) is 19.7 Å². The molecule has 0 bridgehead atoms. The van der Waals surface area contributed by atoms with Crippen LogP contribution in [-0.4, -0.2) is 43.7 Å². The van der Waals surface area contributed by atoms with E-state index in [1.807, 2.05) is 20.0 Å². The fraction of sp³-hybridized carbons (Fsp3) is 0.632. The topological polar surface area (TPSA) is 65.2 Å². The van der Waals surface area contributed by atoms with Crippen LogP contribution in [0.1, 0.15) is 35.6 Å². The van der Waals surface area contributed by atoms with Gasteiger partial charge in [0.2, 0.25) is 0 Å². The lowest BCUT2D eigenvalue weighted by atomic mass is 9.96. The highest BCUT2D eigenvalue weighted by Gasteiger charge is 2.22. The van der Waals surface area contributed by atoms with Gasteiger partial charge in [-0.2, -0.15) is 0 Å². The summed E-state index contributed by atoms with van der Waals surface area (Å²) in [7, 11) is 0. The predicted octanol–water partition coefficient (Wildman–Crippen LogP) is 1.50. The van der Waals surface area contributed by atoms with Gasteiger partial charge in [-0.3, -0.25) is 14.3 Å². The van der Waals surface area contributed by atoms with E-state index in [2.05, 4.69) is 19.4 Å². The standard InChI is InChI=1S/C19H27N5O2/c1-14-15(2)21-13-23(19(14)25)10-16-3-5-22(6-4-16)11-17-9-20-18-12-26-8-7-24(17)18/h9,13,16H,3-8,10-12H2,1-2H3. The summed E-state index contributed by atoms with van der Waals surface area (Å²) in [6, 6.07) is 0. The lowest BCUT2D eigenvalue weighted by Gasteiger charge is -2.32. The van der Waals surface area contributed by atoms with E-state index < -0.39 is 0 Å². The number of hydrogen-bond acceptors (Lipinski definition) is 5. The maximum absolute atomic E-state index is 12.4. The van der Waals surface area contributed by atoms with Gasteiger partial charge in [0.05, 0.1) is 18.6 Å². The van der Waals surface area contributed by atoms with Gasteiger partial charge < -0.3 is 9.30 Å². The molecule has 0 atom stereocenters. The van der Waals surface area contributed by atoms with E-state index >= 15 is 0 Å². The minimum Gasteiger partial charge on any atom is -0.372 e.